The number of ether oxygens (including phenoxy) is 1. The molecule has 0 saturated carbocycles. The average molecular weight is 401 g/mol. The van der Waals surface area contributed by atoms with E-state index in [4.69, 9.17) is 27.9 Å². The van der Waals surface area contributed by atoms with Crippen molar-refractivity contribution >= 4 is 50.6 Å². The fourth-order valence-corrected chi connectivity index (χ4v) is 3.79. The lowest BCUT2D eigenvalue weighted by atomic mass is 10.1. The summed E-state index contributed by atoms with van der Waals surface area (Å²) in [5.74, 6) is 0.457. The molecule has 0 saturated heterocycles. The van der Waals surface area contributed by atoms with Crippen molar-refractivity contribution in [2.45, 2.75) is 6.54 Å². The molecule has 5 nitrogen and oxygen atoms in total. The Morgan fingerprint density at radius 1 is 1.04 bits per heavy atom. The first-order valence-electron chi connectivity index (χ1n) is 8.23. The van der Waals surface area contributed by atoms with Gasteiger partial charge >= 0.3 is 0 Å². The van der Waals surface area contributed by atoms with E-state index in [0.717, 1.165) is 10.8 Å². The highest BCUT2D eigenvalue weighted by atomic mass is 35.5. The van der Waals surface area contributed by atoms with Crippen molar-refractivity contribution in [3.05, 3.63) is 69.5 Å². The van der Waals surface area contributed by atoms with Gasteiger partial charge in [0.2, 0.25) is 5.88 Å². The molecule has 1 N–H and O–H groups in total. The molecule has 0 aliphatic rings. The molecular weight excluding hydrogens is 387 g/mol. The van der Waals surface area contributed by atoms with Gasteiger partial charge in [-0.2, -0.15) is 0 Å². The second-order valence-corrected chi connectivity index (χ2v) is 6.90. The van der Waals surface area contributed by atoms with E-state index in [1.807, 2.05) is 42.5 Å². The van der Waals surface area contributed by atoms with Crippen LogP contribution in [0.15, 0.2) is 59.8 Å². The van der Waals surface area contributed by atoms with E-state index < -0.39 is 0 Å². The maximum absolute atomic E-state index is 11.2. The summed E-state index contributed by atoms with van der Waals surface area (Å²) in [6.45, 7) is 0.555. The summed E-state index contributed by atoms with van der Waals surface area (Å²) in [6, 6.07) is 16.9. The molecule has 27 heavy (non-hydrogen) atoms. The van der Waals surface area contributed by atoms with E-state index in [-0.39, 0.29) is 24.7 Å². The SMILES string of the molecule is O=Nc1c(O)n(CCOc2ccc3ccccc3c2)c2c(Cl)cc(Cl)cc12. The zero-order valence-corrected chi connectivity index (χ0v) is 15.5. The molecule has 1 heterocycles. The average Bonchev–Trinajstić information content (AvgIpc) is 2.92. The molecule has 0 atom stereocenters. The van der Waals surface area contributed by atoms with Gasteiger partial charge in [0.25, 0.3) is 0 Å². The van der Waals surface area contributed by atoms with E-state index >= 15 is 0 Å². The Balaban J connectivity index is 1.61. The summed E-state index contributed by atoms with van der Waals surface area (Å²) in [7, 11) is 0. The van der Waals surface area contributed by atoms with Crippen molar-refractivity contribution in [3.63, 3.8) is 0 Å². The van der Waals surface area contributed by atoms with Crippen molar-refractivity contribution in [2.75, 3.05) is 6.61 Å². The molecule has 0 bridgehead atoms. The van der Waals surface area contributed by atoms with Gasteiger partial charge in [0.1, 0.15) is 12.4 Å². The number of aromatic hydroxyl groups is 1. The van der Waals surface area contributed by atoms with Crippen molar-refractivity contribution in [3.8, 4) is 11.6 Å². The molecule has 0 amide bonds. The Hall–Kier alpha value is -2.76. The van der Waals surface area contributed by atoms with Crippen molar-refractivity contribution < 1.29 is 9.84 Å². The Labute approximate surface area is 164 Å². The van der Waals surface area contributed by atoms with Gasteiger partial charge in [-0.25, -0.2) is 0 Å². The van der Waals surface area contributed by atoms with Crippen LogP contribution in [0.2, 0.25) is 10.0 Å². The number of halogens is 2. The first kappa shape index (κ1) is 17.6. The number of benzene rings is 3. The van der Waals surface area contributed by atoms with Crippen LogP contribution in [0.1, 0.15) is 0 Å². The third-order valence-electron chi connectivity index (χ3n) is 4.42. The molecule has 0 aliphatic heterocycles. The summed E-state index contributed by atoms with van der Waals surface area (Å²) in [5, 5.41) is 16.6. The summed E-state index contributed by atoms with van der Waals surface area (Å²) < 4.78 is 7.32. The summed E-state index contributed by atoms with van der Waals surface area (Å²) in [6.07, 6.45) is 0. The molecule has 3 aromatic carbocycles. The quantitative estimate of drug-likeness (QED) is 0.400. The van der Waals surface area contributed by atoms with Gasteiger partial charge in [-0.3, -0.25) is 0 Å². The molecule has 136 valence electrons. The van der Waals surface area contributed by atoms with E-state index in [2.05, 4.69) is 5.18 Å². The topological polar surface area (TPSA) is 63.8 Å². The maximum atomic E-state index is 11.2. The highest BCUT2D eigenvalue weighted by Crippen LogP contribution is 2.42. The summed E-state index contributed by atoms with van der Waals surface area (Å²) in [4.78, 5) is 11.2. The summed E-state index contributed by atoms with van der Waals surface area (Å²) in [5.41, 5.74) is 0.412. The lowest BCUT2D eigenvalue weighted by Gasteiger charge is -2.10. The van der Waals surface area contributed by atoms with Crippen LogP contribution in [-0.2, 0) is 6.54 Å². The zero-order valence-electron chi connectivity index (χ0n) is 14.0. The third-order valence-corrected chi connectivity index (χ3v) is 4.92. The van der Waals surface area contributed by atoms with Crippen molar-refractivity contribution in [1.82, 2.24) is 4.57 Å². The van der Waals surface area contributed by atoms with E-state index in [9.17, 15) is 10.0 Å². The number of hydrogen-bond donors (Lipinski definition) is 1. The molecule has 1 aromatic heterocycles. The fourth-order valence-electron chi connectivity index (χ4n) is 3.19. The third kappa shape index (κ3) is 3.20. The first-order valence-corrected chi connectivity index (χ1v) is 8.99. The van der Waals surface area contributed by atoms with Gasteiger partial charge in [0, 0.05) is 10.4 Å². The molecule has 0 spiro atoms. The normalized spacial score (nSPS) is 11.2. The van der Waals surface area contributed by atoms with Crippen molar-refractivity contribution in [1.29, 1.82) is 0 Å². The van der Waals surface area contributed by atoms with Gasteiger partial charge in [0.15, 0.2) is 5.69 Å². The molecule has 0 radical (unpaired) electrons. The van der Waals surface area contributed by atoms with Gasteiger partial charge < -0.3 is 14.4 Å². The zero-order chi connectivity index (χ0) is 19.0. The molecule has 7 heteroatoms. The number of fused-ring (bicyclic) bond motifs is 2. The Kier molecular flexibility index (Phi) is 4.64. The van der Waals surface area contributed by atoms with Gasteiger partial charge in [0.05, 0.1) is 17.1 Å². The largest absolute Gasteiger partial charge is 0.493 e. The predicted octanol–water partition coefficient (Wildman–Crippen LogP) is 6.28. The lowest BCUT2D eigenvalue weighted by molar-refractivity contribution is 0.291. The number of rotatable bonds is 5. The highest BCUT2D eigenvalue weighted by Gasteiger charge is 2.20. The standard InChI is InChI=1S/C20H14Cl2N2O3/c21-14-10-16-18(23-26)20(25)24(19(16)17(22)11-14)7-8-27-15-6-5-12-3-1-2-4-13(12)9-15/h1-6,9-11,25H,7-8H2. The smallest absolute Gasteiger partial charge is 0.222 e. The first-order chi connectivity index (χ1) is 13.1. The Morgan fingerprint density at radius 3 is 2.59 bits per heavy atom. The van der Waals surface area contributed by atoms with Crippen LogP contribution in [0.25, 0.3) is 21.7 Å². The van der Waals surface area contributed by atoms with Crippen LogP contribution in [0, 0.1) is 4.91 Å². The van der Waals surface area contributed by atoms with Crippen LogP contribution in [0.3, 0.4) is 0 Å². The van der Waals surface area contributed by atoms with Gasteiger partial charge in [-0.15, -0.1) is 4.91 Å². The molecule has 0 aliphatic carbocycles. The second kappa shape index (κ2) is 7.10. The molecule has 4 aromatic rings. The van der Waals surface area contributed by atoms with Crippen LogP contribution in [0.4, 0.5) is 5.69 Å². The fraction of sp³-hybridized carbons (Fsp3) is 0.100. The van der Waals surface area contributed by atoms with Crippen LogP contribution >= 0.6 is 23.2 Å². The molecule has 0 fully saturated rings. The minimum atomic E-state index is -0.258. The summed E-state index contributed by atoms with van der Waals surface area (Å²) >= 11 is 12.3. The Bertz CT molecular complexity index is 1170. The minimum Gasteiger partial charge on any atom is -0.493 e. The van der Waals surface area contributed by atoms with Crippen LogP contribution < -0.4 is 4.74 Å². The maximum Gasteiger partial charge on any atom is 0.222 e. The van der Waals surface area contributed by atoms with Crippen LogP contribution in [-0.4, -0.2) is 16.3 Å². The molecule has 4 rings (SSSR count). The Morgan fingerprint density at radius 2 is 1.81 bits per heavy atom. The van der Waals surface area contributed by atoms with Crippen molar-refractivity contribution in [2.24, 2.45) is 5.18 Å². The van der Waals surface area contributed by atoms with E-state index in [1.54, 1.807) is 12.1 Å². The molecular formula is C20H14Cl2N2O3. The van der Waals surface area contributed by atoms with Gasteiger partial charge in [-0.05, 0) is 40.2 Å². The monoisotopic (exact) mass is 400 g/mol. The molecule has 0 unspecified atom stereocenters. The number of hydrogen-bond acceptors (Lipinski definition) is 4. The number of nitroso groups, excluding NO2 is 1. The highest BCUT2D eigenvalue weighted by molar-refractivity contribution is 6.39. The lowest BCUT2D eigenvalue weighted by Crippen LogP contribution is -2.08. The predicted molar refractivity (Wildman–Crippen MR) is 109 cm³/mol. The second-order valence-electron chi connectivity index (χ2n) is 6.06. The van der Waals surface area contributed by atoms with E-state index in [1.165, 1.54) is 4.57 Å². The van der Waals surface area contributed by atoms with Gasteiger partial charge in [-0.1, -0.05) is 53.5 Å². The van der Waals surface area contributed by atoms with Crippen LogP contribution in [0.5, 0.6) is 11.6 Å². The number of nitrogens with zero attached hydrogens (tertiary/aromatic N) is 2. The van der Waals surface area contributed by atoms with E-state index in [0.29, 0.717) is 26.7 Å². The minimum absolute atomic E-state index is 0.0832. The number of aromatic nitrogens is 1.